The molecule has 1 N–H and O–H groups in total. The quantitative estimate of drug-likeness (QED) is 0.517. The summed E-state index contributed by atoms with van der Waals surface area (Å²) in [5.74, 6) is -0.549. The fourth-order valence-electron chi connectivity index (χ4n) is 4.14. The van der Waals surface area contributed by atoms with Crippen molar-refractivity contribution in [1.82, 2.24) is 19.4 Å². The van der Waals surface area contributed by atoms with Crippen molar-refractivity contribution in [2.24, 2.45) is 0 Å². The Labute approximate surface area is 177 Å². The summed E-state index contributed by atoms with van der Waals surface area (Å²) in [6.07, 6.45) is 2.10. The third kappa shape index (κ3) is 3.26. The summed E-state index contributed by atoms with van der Waals surface area (Å²) < 4.78 is 6.17. The topological polar surface area (TPSA) is 97.3 Å². The summed E-state index contributed by atoms with van der Waals surface area (Å²) >= 11 is 0. The van der Waals surface area contributed by atoms with Gasteiger partial charge in [0.2, 0.25) is 5.91 Å². The van der Waals surface area contributed by atoms with Crippen LogP contribution in [-0.4, -0.2) is 45.0 Å². The second-order valence-electron chi connectivity index (χ2n) is 7.59. The predicted octanol–water partition coefficient (Wildman–Crippen LogP) is 2.25. The number of hydrogen-bond acceptors (Lipinski definition) is 5. The molecule has 2 aromatic carbocycles. The summed E-state index contributed by atoms with van der Waals surface area (Å²) in [5, 5.41) is 1.39. The van der Waals surface area contributed by atoms with Crippen molar-refractivity contribution in [1.29, 1.82) is 0 Å². The fourth-order valence-corrected chi connectivity index (χ4v) is 4.14. The SMILES string of the molecule is COC(=O)c1ccc2[nH]c3c(c2c1)CN(C(=O)Cn1cnc2ccccc2c1=O)CC3. The number of carbonyl (C=O) groups is 2. The molecular weight excluding hydrogens is 396 g/mol. The highest BCUT2D eigenvalue weighted by Gasteiger charge is 2.25. The van der Waals surface area contributed by atoms with E-state index in [0.29, 0.717) is 36.0 Å². The molecule has 31 heavy (non-hydrogen) atoms. The first-order valence-electron chi connectivity index (χ1n) is 9.99. The summed E-state index contributed by atoms with van der Waals surface area (Å²) in [6, 6.07) is 12.5. The molecule has 4 aromatic rings. The van der Waals surface area contributed by atoms with Gasteiger partial charge in [-0.15, -0.1) is 0 Å². The molecular formula is C23H20N4O4. The molecule has 156 valence electrons. The number of amides is 1. The molecule has 0 radical (unpaired) electrons. The zero-order chi connectivity index (χ0) is 21.5. The molecule has 5 rings (SSSR count). The lowest BCUT2D eigenvalue weighted by Gasteiger charge is -2.27. The molecule has 8 heteroatoms. The highest BCUT2D eigenvalue weighted by Crippen LogP contribution is 2.29. The average Bonchev–Trinajstić information content (AvgIpc) is 3.17. The van der Waals surface area contributed by atoms with Gasteiger partial charge in [0.05, 0.1) is 29.9 Å². The van der Waals surface area contributed by atoms with E-state index in [2.05, 4.69) is 9.97 Å². The van der Waals surface area contributed by atoms with E-state index in [1.165, 1.54) is 18.0 Å². The number of esters is 1. The maximum atomic E-state index is 13.0. The second kappa shape index (κ2) is 7.39. The van der Waals surface area contributed by atoms with Crippen LogP contribution in [0.2, 0.25) is 0 Å². The van der Waals surface area contributed by atoms with Crippen molar-refractivity contribution < 1.29 is 14.3 Å². The standard InChI is InChI=1S/C23H20N4O4/c1-31-23(30)14-6-7-19-16(10-14)17-11-26(9-8-20(17)25-19)21(28)12-27-13-24-18-5-3-2-4-15(18)22(27)29/h2-7,10,13,25H,8-9,11-12H2,1H3. The molecule has 0 bridgehead atoms. The first-order valence-corrected chi connectivity index (χ1v) is 9.99. The molecule has 0 spiro atoms. The van der Waals surface area contributed by atoms with Crippen molar-refractivity contribution in [2.45, 2.75) is 19.5 Å². The number of methoxy groups -OCH3 is 1. The first kappa shape index (κ1) is 19.0. The molecule has 1 aliphatic heterocycles. The van der Waals surface area contributed by atoms with Crippen molar-refractivity contribution in [3.8, 4) is 0 Å². The van der Waals surface area contributed by atoms with Crippen LogP contribution in [0.1, 0.15) is 21.6 Å². The zero-order valence-electron chi connectivity index (χ0n) is 16.9. The highest BCUT2D eigenvalue weighted by molar-refractivity contribution is 5.96. The highest BCUT2D eigenvalue weighted by atomic mass is 16.5. The monoisotopic (exact) mass is 416 g/mol. The number of benzene rings is 2. The third-order valence-electron chi connectivity index (χ3n) is 5.79. The minimum absolute atomic E-state index is 0.0677. The Balaban J connectivity index is 1.42. The summed E-state index contributed by atoms with van der Waals surface area (Å²) in [7, 11) is 1.35. The number of nitrogens with zero attached hydrogens (tertiary/aromatic N) is 3. The lowest BCUT2D eigenvalue weighted by Crippen LogP contribution is -2.39. The van der Waals surface area contributed by atoms with E-state index >= 15 is 0 Å². The van der Waals surface area contributed by atoms with E-state index < -0.39 is 5.97 Å². The van der Waals surface area contributed by atoms with Gasteiger partial charge in [-0.05, 0) is 30.3 Å². The number of rotatable bonds is 3. The van der Waals surface area contributed by atoms with Crippen LogP contribution in [0, 0.1) is 0 Å². The number of ether oxygens (including phenoxy) is 1. The Bertz CT molecular complexity index is 1400. The van der Waals surface area contributed by atoms with Gasteiger partial charge in [-0.25, -0.2) is 9.78 Å². The Hall–Kier alpha value is -3.94. The summed E-state index contributed by atoms with van der Waals surface area (Å²) in [5.41, 5.74) is 3.82. The average molecular weight is 416 g/mol. The molecule has 8 nitrogen and oxygen atoms in total. The molecule has 0 fully saturated rings. The number of hydrogen-bond donors (Lipinski definition) is 1. The molecule has 0 saturated carbocycles. The zero-order valence-corrected chi connectivity index (χ0v) is 16.9. The number of H-pyrrole nitrogens is 1. The van der Waals surface area contributed by atoms with E-state index in [4.69, 9.17) is 4.74 Å². The maximum Gasteiger partial charge on any atom is 0.337 e. The Kier molecular flexibility index (Phi) is 4.54. The lowest BCUT2D eigenvalue weighted by atomic mass is 10.0. The molecule has 0 saturated heterocycles. The van der Waals surface area contributed by atoms with Gasteiger partial charge in [0, 0.05) is 41.7 Å². The van der Waals surface area contributed by atoms with E-state index in [9.17, 15) is 14.4 Å². The van der Waals surface area contributed by atoms with Crippen LogP contribution in [0.15, 0.2) is 53.6 Å². The van der Waals surface area contributed by atoms with Gasteiger partial charge < -0.3 is 14.6 Å². The number of fused-ring (bicyclic) bond motifs is 4. The normalized spacial score (nSPS) is 13.4. The molecule has 0 atom stereocenters. The maximum absolute atomic E-state index is 13.0. The molecule has 1 aliphatic rings. The van der Waals surface area contributed by atoms with E-state index in [1.807, 2.05) is 12.1 Å². The van der Waals surface area contributed by atoms with Crippen LogP contribution in [-0.2, 0) is 29.0 Å². The third-order valence-corrected chi connectivity index (χ3v) is 5.79. The van der Waals surface area contributed by atoms with Crippen molar-refractivity contribution in [3.05, 3.63) is 76.0 Å². The van der Waals surface area contributed by atoms with E-state index in [0.717, 1.165) is 22.2 Å². The van der Waals surface area contributed by atoms with Crippen LogP contribution in [0.5, 0.6) is 0 Å². The molecule has 2 aromatic heterocycles. The number of aromatic amines is 1. The Morgan fingerprint density at radius 3 is 2.84 bits per heavy atom. The second-order valence-corrected chi connectivity index (χ2v) is 7.59. The predicted molar refractivity (Wildman–Crippen MR) is 115 cm³/mol. The first-order chi connectivity index (χ1) is 15.0. The molecule has 3 heterocycles. The largest absolute Gasteiger partial charge is 0.465 e. The van der Waals surface area contributed by atoms with Gasteiger partial charge in [0.15, 0.2) is 0 Å². The van der Waals surface area contributed by atoms with Crippen molar-refractivity contribution in [3.63, 3.8) is 0 Å². The molecule has 0 unspecified atom stereocenters. The van der Waals surface area contributed by atoms with E-state index in [-0.39, 0.29) is 18.0 Å². The summed E-state index contributed by atoms with van der Waals surface area (Å²) in [4.78, 5) is 47.0. The summed E-state index contributed by atoms with van der Waals surface area (Å²) in [6.45, 7) is 0.897. The Morgan fingerprint density at radius 1 is 1.16 bits per heavy atom. The minimum Gasteiger partial charge on any atom is -0.465 e. The minimum atomic E-state index is -0.399. The number of para-hydroxylation sites is 1. The van der Waals surface area contributed by atoms with Crippen LogP contribution >= 0.6 is 0 Å². The molecule has 1 amide bonds. The van der Waals surface area contributed by atoms with Gasteiger partial charge in [0.1, 0.15) is 6.54 Å². The van der Waals surface area contributed by atoms with Gasteiger partial charge in [-0.3, -0.25) is 14.2 Å². The number of aromatic nitrogens is 3. The number of nitrogens with one attached hydrogen (secondary N) is 1. The van der Waals surface area contributed by atoms with Gasteiger partial charge >= 0.3 is 5.97 Å². The van der Waals surface area contributed by atoms with Crippen LogP contribution in [0.25, 0.3) is 21.8 Å². The number of carbonyl (C=O) groups excluding carboxylic acids is 2. The van der Waals surface area contributed by atoms with Gasteiger partial charge in [-0.2, -0.15) is 0 Å². The van der Waals surface area contributed by atoms with Crippen molar-refractivity contribution >= 4 is 33.7 Å². The van der Waals surface area contributed by atoms with Crippen LogP contribution < -0.4 is 5.56 Å². The van der Waals surface area contributed by atoms with E-state index in [1.54, 1.807) is 35.2 Å². The van der Waals surface area contributed by atoms with Crippen LogP contribution in [0.3, 0.4) is 0 Å². The lowest BCUT2D eigenvalue weighted by molar-refractivity contribution is -0.132. The molecule has 0 aliphatic carbocycles. The van der Waals surface area contributed by atoms with Gasteiger partial charge in [-0.1, -0.05) is 12.1 Å². The Morgan fingerprint density at radius 2 is 2.00 bits per heavy atom. The smallest absolute Gasteiger partial charge is 0.337 e. The van der Waals surface area contributed by atoms with Gasteiger partial charge in [0.25, 0.3) is 5.56 Å². The fraction of sp³-hybridized carbons (Fsp3) is 0.217. The van der Waals surface area contributed by atoms with Crippen LogP contribution in [0.4, 0.5) is 0 Å². The van der Waals surface area contributed by atoms with Crippen molar-refractivity contribution in [2.75, 3.05) is 13.7 Å².